The summed E-state index contributed by atoms with van der Waals surface area (Å²) in [6, 6.07) is 5.25. The summed E-state index contributed by atoms with van der Waals surface area (Å²) in [5.74, 6) is 0.337. The zero-order valence-corrected chi connectivity index (χ0v) is 15.4. The maximum absolute atomic E-state index is 13.7. The Morgan fingerprint density at radius 2 is 2.03 bits per heavy atom. The highest BCUT2D eigenvalue weighted by molar-refractivity contribution is 5.77. The quantitative estimate of drug-likeness (QED) is 0.761. The number of aromatic nitrogens is 1. The summed E-state index contributed by atoms with van der Waals surface area (Å²) in [7, 11) is 0. The standard InChI is InChI=1S/C20H19F3N4O2/c21-20(22,23)15-11-14(1-2-17(15)27-7-9-29-10-8-27)26-19-18-13(4-6-25-19)3-5-24-16(18)12-28/h1-6,11-12,16,24H,7-10H2,(H,25,26). The van der Waals surface area contributed by atoms with E-state index in [1.165, 1.54) is 6.07 Å². The van der Waals surface area contributed by atoms with Crippen LogP contribution in [0.1, 0.15) is 22.7 Å². The molecule has 1 aromatic heterocycles. The van der Waals surface area contributed by atoms with Crippen LogP contribution in [0, 0.1) is 0 Å². The number of alkyl halides is 3. The lowest BCUT2D eigenvalue weighted by molar-refractivity contribution is -0.137. The van der Waals surface area contributed by atoms with E-state index in [0.29, 0.717) is 37.7 Å². The van der Waals surface area contributed by atoms with Crippen LogP contribution in [0.5, 0.6) is 0 Å². The molecule has 0 amide bonds. The Bertz CT molecular complexity index is 940. The van der Waals surface area contributed by atoms with E-state index in [2.05, 4.69) is 15.6 Å². The molecule has 1 fully saturated rings. The Hall–Kier alpha value is -3.07. The van der Waals surface area contributed by atoms with Crippen molar-refractivity contribution in [1.82, 2.24) is 10.3 Å². The van der Waals surface area contributed by atoms with Crippen molar-refractivity contribution in [2.45, 2.75) is 12.2 Å². The van der Waals surface area contributed by atoms with Crippen LogP contribution < -0.4 is 15.5 Å². The summed E-state index contributed by atoms with van der Waals surface area (Å²) in [6.45, 7) is 1.60. The number of nitrogens with zero attached hydrogens (tertiary/aromatic N) is 2. The highest BCUT2D eigenvalue weighted by Crippen LogP contribution is 2.39. The van der Waals surface area contributed by atoms with Crippen molar-refractivity contribution in [3.63, 3.8) is 0 Å². The number of pyridine rings is 1. The van der Waals surface area contributed by atoms with E-state index in [4.69, 9.17) is 4.74 Å². The number of hydrogen-bond donors (Lipinski definition) is 2. The maximum atomic E-state index is 13.7. The van der Waals surface area contributed by atoms with E-state index < -0.39 is 17.8 Å². The molecule has 3 heterocycles. The third kappa shape index (κ3) is 3.91. The fourth-order valence-corrected chi connectivity index (χ4v) is 3.55. The molecule has 1 unspecified atom stereocenters. The molecule has 29 heavy (non-hydrogen) atoms. The van der Waals surface area contributed by atoms with Gasteiger partial charge in [0.2, 0.25) is 0 Å². The van der Waals surface area contributed by atoms with Gasteiger partial charge in [-0.2, -0.15) is 13.2 Å². The molecule has 1 saturated heterocycles. The Labute approximate surface area is 165 Å². The minimum atomic E-state index is -4.51. The predicted molar refractivity (Wildman–Crippen MR) is 103 cm³/mol. The lowest BCUT2D eigenvalue weighted by atomic mass is 9.99. The molecule has 0 radical (unpaired) electrons. The number of halogens is 3. The number of ether oxygens (including phenoxy) is 1. The van der Waals surface area contributed by atoms with Crippen molar-refractivity contribution in [2.75, 3.05) is 36.5 Å². The molecule has 1 aromatic carbocycles. The number of rotatable bonds is 4. The first-order chi connectivity index (χ1) is 14.0. The number of carbonyl (C=O) groups is 1. The van der Waals surface area contributed by atoms with Crippen LogP contribution in [0.4, 0.5) is 30.4 Å². The average Bonchev–Trinajstić information content (AvgIpc) is 2.73. The second-order valence-corrected chi connectivity index (χ2v) is 6.73. The molecule has 2 aliphatic heterocycles. The Kier molecular flexibility index (Phi) is 5.14. The van der Waals surface area contributed by atoms with Crippen LogP contribution in [0.15, 0.2) is 36.7 Å². The van der Waals surface area contributed by atoms with Crippen LogP contribution in [0.2, 0.25) is 0 Å². The van der Waals surface area contributed by atoms with Crippen LogP contribution in [0.25, 0.3) is 6.08 Å². The molecule has 0 bridgehead atoms. The normalized spacial score (nSPS) is 18.7. The Morgan fingerprint density at radius 3 is 2.76 bits per heavy atom. The smallest absolute Gasteiger partial charge is 0.378 e. The van der Waals surface area contributed by atoms with Gasteiger partial charge >= 0.3 is 6.18 Å². The molecule has 6 nitrogen and oxygen atoms in total. The summed E-state index contributed by atoms with van der Waals surface area (Å²) in [4.78, 5) is 17.3. The molecule has 152 valence electrons. The number of benzene rings is 1. The number of anilines is 3. The SMILES string of the molecule is O=CC1NC=Cc2ccnc(Nc3ccc(N4CCOCC4)c(C(F)(F)F)c3)c21. The largest absolute Gasteiger partial charge is 0.418 e. The molecule has 0 saturated carbocycles. The maximum Gasteiger partial charge on any atom is 0.418 e. The van der Waals surface area contributed by atoms with Gasteiger partial charge in [0.05, 0.1) is 18.8 Å². The molecular weight excluding hydrogens is 385 g/mol. The number of morpholine rings is 1. The monoisotopic (exact) mass is 404 g/mol. The molecule has 4 rings (SSSR count). The average molecular weight is 404 g/mol. The first-order valence-corrected chi connectivity index (χ1v) is 9.15. The van der Waals surface area contributed by atoms with Crippen molar-refractivity contribution >= 4 is 29.6 Å². The van der Waals surface area contributed by atoms with Crippen molar-refractivity contribution in [1.29, 1.82) is 0 Å². The highest BCUT2D eigenvalue weighted by atomic mass is 19.4. The molecule has 2 N–H and O–H groups in total. The molecule has 1 atom stereocenters. The van der Waals surface area contributed by atoms with Crippen molar-refractivity contribution < 1.29 is 22.7 Å². The van der Waals surface area contributed by atoms with Crippen LogP contribution in [-0.2, 0) is 15.7 Å². The minimum absolute atomic E-state index is 0.129. The number of aldehydes is 1. The second-order valence-electron chi connectivity index (χ2n) is 6.73. The molecule has 9 heteroatoms. The summed E-state index contributed by atoms with van der Waals surface area (Å²) in [6.07, 6.45) is 1.21. The van der Waals surface area contributed by atoms with Gasteiger partial charge in [-0.25, -0.2) is 4.98 Å². The second kappa shape index (κ2) is 7.75. The van der Waals surface area contributed by atoms with Gasteiger partial charge in [0, 0.05) is 36.2 Å². The first-order valence-electron chi connectivity index (χ1n) is 9.15. The fraction of sp³-hybridized carbons (Fsp3) is 0.300. The van der Waals surface area contributed by atoms with Gasteiger partial charge in [-0.1, -0.05) is 0 Å². The predicted octanol–water partition coefficient (Wildman–Crippen LogP) is 3.49. The van der Waals surface area contributed by atoms with E-state index in [0.717, 1.165) is 17.9 Å². The van der Waals surface area contributed by atoms with E-state index >= 15 is 0 Å². The number of carbonyl (C=O) groups excluding carboxylic acids is 1. The fourth-order valence-electron chi connectivity index (χ4n) is 3.55. The van der Waals surface area contributed by atoms with Crippen molar-refractivity contribution in [3.05, 3.63) is 53.4 Å². The number of nitrogens with one attached hydrogen (secondary N) is 2. The molecule has 2 aliphatic rings. The zero-order valence-electron chi connectivity index (χ0n) is 15.4. The highest BCUT2D eigenvalue weighted by Gasteiger charge is 2.35. The summed E-state index contributed by atoms with van der Waals surface area (Å²) in [5, 5.41) is 5.86. The Morgan fingerprint density at radius 1 is 1.24 bits per heavy atom. The molecule has 0 spiro atoms. The van der Waals surface area contributed by atoms with Crippen LogP contribution in [-0.4, -0.2) is 37.6 Å². The van der Waals surface area contributed by atoms with Crippen LogP contribution in [0.3, 0.4) is 0 Å². The third-order valence-electron chi connectivity index (χ3n) is 4.93. The van der Waals surface area contributed by atoms with Gasteiger partial charge in [0.25, 0.3) is 0 Å². The number of hydrogen-bond acceptors (Lipinski definition) is 6. The summed E-state index contributed by atoms with van der Waals surface area (Å²) in [5.41, 5.74) is 1.02. The van der Waals surface area contributed by atoms with E-state index in [9.17, 15) is 18.0 Å². The van der Waals surface area contributed by atoms with Gasteiger partial charge in [0.1, 0.15) is 18.1 Å². The lowest BCUT2D eigenvalue weighted by Crippen LogP contribution is -2.37. The van der Waals surface area contributed by atoms with E-state index in [1.807, 2.05) is 0 Å². The van der Waals surface area contributed by atoms with Gasteiger partial charge in [-0.05, 0) is 42.1 Å². The van der Waals surface area contributed by atoms with Gasteiger partial charge in [-0.3, -0.25) is 0 Å². The number of fused-ring (bicyclic) bond motifs is 1. The van der Waals surface area contributed by atoms with Crippen molar-refractivity contribution in [2.24, 2.45) is 0 Å². The van der Waals surface area contributed by atoms with Gasteiger partial charge < -0.3 is 25.1 Å². The van der Waals surface area contributed by atoms with Gasteiger partial charge in [-0.15, -0.1) is 0 Å². The molecular formula is C20H19F3N4O2. The molecule has 0 aliphatic carbocycles. The summed E-state index contributed by atoms with van der Waals surface area (Å²) >= 11 is 0. The third-order valence-corrected chi connectivity index (χ3v) is 4.93. The Balaban J connectivity index is 1.70. The van der Waals surface area contributed by atoms with Crippen LogP contribution >= 0.6 is 0 Å². The summed E-state index contributed by atoms with van der Waals surface area (Å²) < 4.78 is 46.5. The minimum Gasteiger partial charge on any atom is -0.378 e. The van der Waals surface area contributed by atoms with E-state index in [-0.39, 0.29) is 11.4 Å². The first kappa shape index (κ1) is 19.3. The zero-order chi connectivity index (χ0) is 20.4. The van der Waals surface area contributed by atoms with Crippen molar-refractivity contribution in [3.8, 4) is 0 Å². The van der Waals surface area contributed by atoms with Gasteiger partial charge in [0.15, 0.2) is 0 Å². The topological polar surface area (TPSA) is 66.5 Å². The van der Waals surface area contributed by atoms with E-state index in [1.54, 1.807) is 35.5 Å². The molecule has 2 aromatic rings. The lowest BCUT2D eigenvalue weighted by Gasteiger charge is -2.31.